The molecule has 5 heteroatoms. The zero-order valence-corrected chi connectivity index (χ0v) is 14.8. The molecule has 1 N–H and O–H groups in total. The first-order valence-electron chi connectivity index (χ1n) is 8.58. The van der Waals surface area contributed by atoms with Gasteiger partial charge in [0.05, 0.1) is 11.4 Å². The minimum absolute atomic E-state index is 0.0651. The van der Waals surface area contributed by atoms with E-state index in [0.29, 0.717) is 0 Å². The highest BCUT2D eigenvalue weighted by Gasteiger charge is 2.10. The summed E-state index contributed by atoms with van der Waals surface area (Å²) in [5.41, 5.74) is 4.03. The van der Waals surface area contributed by atoms with Crippen LogP contribution in [-0.4, -0.2) is 20.8 Å². The number of carbonyl (C=O) groups is 1. The van der Waals surface area contributed by atoms with Crippen LogP contribution in [0.3, 0.4) is 0 Å². The number of hydrogen-bond donors (Lipinski definition) is 1. The molecule has 3 aromatic rings. The molecule has 0 saturated carbocycles. The Balaban J connectivity index is 1.73. The first kappa shape index (κ1) is 17.8. The van der Waals surface area contributed by atoms with Gasteiger partial charge in [0.1, 0.15) is 0 Å². The van der Waals surface area contributed by atoms with E-state index in [-0.39, 0.29) is 5.91 Å². The third-order valence-corrected chi connectivity index (χ3v) is 3.90. The van der Waals surface area contributed by atoms with Gasteiger partial charge in [-0.25, -0.2) is 0 Å². The molecule has 0 saturated heterocycles. The minimum atomic E-state index is -0.0651. The molecule has 0 radical (unpaired) electrons. The number of amides is 1. The van der Waals surface area contributed by atoms with Gasteiger partial charge in [0.2, 0.25) is 5.91 Å². The third-order valence-electron chi connectivity index (χ3n) is 3.90. The van der Waals surface area contributed by atoms with Crippen LogP contribution >= 0.6 is 0 Å². The molecule has 0 bridgehead atoms. The maximum absolute atomic E-state index is 11.1. The summed E-state index contributed by atoms with van der Waals surface area (Å²) in [6.07, 6.45) is 3.63. The molecule has 0 fully saturated rings. The first-order chi connectivity index (χ1) is 12.7. The smallest absolute Gasteiger partial charge is 0.221 e. The van der Waals surface area contributed by atoms with E-state index in [9.17, 15) is 4.79 Å². The number of benzene rings is 1. The number of carbonyl (C=O) groups excluding carboxylic acids is 1. The Kier molecular flexibility index (Phi) is 6.06. The number of pyridine rings is 2. The van der Waals surface area contributed by atoms with Crippen LogP contribution in [-0.2, 0) is 24.4 Å². The lowest BCUT2D eigenvalue weighted by molar-refractivity contribution is -0.114. The maximum atomic E-state index is 11.1. The number of nitrogens with one attached hydrogen (secondary N) is 1. The molecular formula is C21H22N4O. The van der Waals surface area contributed by atoms with Crippen LogP contribution in [0, 0.1) is 0 Å². The van der Waals surface area contributed by atoms with Crippen molar-refractivity contribution in [2.24, 2.45) is 0 Å². The lowest BCUT2D eigenvalue weighted by atomic mass is 10.1. The number of anilines is 1. The van der Waals surface area contributed by atoms with Crippen LogP contribution in [0.2, 0.25) is 0 Å². The monoisotopic (exact) mass is 346 g/mol. The summed E-state index contributed by atoms with van der Waals surface area (Å²) in [7, 11) is 0. The first-order valence-corrected chi connectivity index (χ1v) is 8.58. The van der Waals surface area contributed by atoms with Gasteiger partial charge in [-0.2, -0.15) is 0 Å². The van der Waals surface area contributed by atoms with Gasteiger partial charge in [-0.1, -0.05) is 24.3 Å². The van der Waals surface area contributed by atoms with E-state index in [2.05, 4.69) is 20.2 Å². The van der Waals surface area contributed by atoms with Crippen LogP contribution < -0.4 is 5.32 Å². The van der Waals surface area contributed by atoms with Crippen molar-refractivity contribution < 1.29 is 4.79 Å². The van der Waals surface area contributed by atoms with E-state index in [4.69, 9.17) is 0 Å². The van der Waals surface area contributed by atoms with Gasteiger partial charge in [-0.05, 0) is 42.0 Å². The lowest BCUT2D eigenvalue weighted by Gasteiger charge is -2.22. The highest BCUT2D eigenvalue weighted by molar-refractivity contribution is 5.88. The van der Waals surface area contributed by atoms with Crippen molar-refractivity contribution in [1.82, 2.24) is 14.9 Å². The highest BCUT2D eigenvalue weighted by Crippen LogP contribution is 2.15. The second-order valence-electron chi connectivity index (χ2n) is 6.17. The van der Waals surface area contributed by atoms with Gasteiger partial charge in [-0.3, -0.25) is 19.7 Å². The molecule has 2 heterocycles. The van der Waals surface area contributed by atoms with Crippen molar-refractivity contribution in [3.63, 3.8) is 0 Å². The zero-order chi connectivity index (χ0) is 18.2. The Labute approximate surface area is 153 Å². The Morgan fingerprint density at radius 2 is 1.42 bits per heavy atom. The van der Waals surface area contributed by atoms with Crippen molar-refractivity contribution in [3.8, 4) is 0 Å². The summed E-state index contributed by atoms with van der Waals surface area (Å²) in [6, 6.07) is 19.8. The van der Waals surface area contributed by atoms with Crippen molar-refractivity contribution in [3.05, 3.63) is 90.0 Å². The summed E-state index contributed by atoms with van der Waals surface area (Å²) >= 11 is 0. The normalized spacial score (nSPS) is 10.7. The molecule has 1 amide bonds. The molecule has 0 unspecified atom stereocenters. The standard InChI is InChI=1S/C21H22N4O/c1-17(26)24-19-10-8-18(9-11-19)14-25(15-20-6-2-4-12-22-20)16-21-7-3-5-13-23-21/h2-13H,14-16H2,1H3,(H,24,26). The second-order valence-corrected chi connectivity index (χ2v) is 6.17. The molecule has 0 aliphatic rings. The van der Waals surface area contributed by atoms with Crippen molar-refractivity contribution >= 4 is 11.6 Å². The fraction of sp³-hybridized carbons (Fsp3) is 0.190. The number of nitrogens with zero attached hydrogens (tertiary/aromatic N) is 3. The molecule has 0 spiro atoms. The summed E-state index contributed by atoms with van der Waals surface area (Å²) in [6.45, 7) is 3.76. The fourth-order valence-corrected chi connectivity index (χ4v) is 2.76. The van der Waals surface area contributed by atoms with Gasteiger partial charge in [0.15, 0.2) is 0 Å². The van der Waals surface area contributed by atoms with Crippen LogP contribution in [0.4, 0.5) is 5.69 Å². The molecule has 26 heavy (non-hydrogen) atoms. The molecule has 132 valence electrons. The quantitative estimate of drug-likeness (QED) is 0.710. The Hall–Kier alpha value is -3.05. The van der Waals surface area contributed by atoms with Crippen LogP contribution in [0.5, 0.6) is 0 Å². The Morgan fingerprint density at radius 1 is 0.846 bits per heavy atom. The highest BCUT2D eigenvalue weighted by atomic mass is 16.1. The molecule has 0 aliphatic heterocycles. The van der Waals surface area contributed by atoms with E-state index >= 15 is 0 Å². The van der Waals surface area contributed by atoms with Gasteiger partial charge in [0, 0.05) is 44.6 Å². The van der Waals surface area contributed by atoms with E-state index in [0.717, 1.165) is 36.7 Å². The van der Waals surface area contributed by atoms with Gasteiger partial charge in [-0.15, -0.1) is 0 Å². The van der Waals surface area contributed by atoms with Gasteiger partial charge in [0.25, 0.3) is 0 Å². The SMILES string of the molecule is CC(=O)Nc1ccc(CN(Cc2ccccn2)Cc2ccccn2)cc1. The largest absolute Gasteiger partial charge is 0.326 e. The average Bonchev–Trinajstić information content (AvgIpc) is 2.64. The second kappa shape index (κ2) is 8.87. The van der Waals surface area contributed by atoms with E-state index < -0.39 is 0 Å². The summed E-state index contributed by atoms with van der Waals surface area (Å²) in [4.78, 5) is 22.3. The number of hydrogen-bond acceptors (Lipinski definition) is 4. The molecular weight excluding hydrogens is 324 g/mol. The van der Waals surface area contributed by atoms with Crippen molar-refractivity contribution in [2.45, 2.75) is 26.6 Å². The van der Waals surface area contributed by atoms with Crippen molar-refractivity contribution in [1.29, 1.82) is 0 Å². The van der Waals surface area contributed by atoms with Crippen molar-refractivity contribution in [2.75, 3.05) is 5.32 Å². The summed E-state index contributed by atoms with van der Waals surface area (Å²) in [5, 5.41) is 2.79. The van der Waals surface area contributed by atoms with Crippen LogP contribution in [0.1, 0.15) is 23.9 Å². The number of aromatic nitrogens is 2. The number of rotatable bonds is 7. The lowest BCUT2D eigenvalue weighted by Crippen LogP contribution is -2.23. The Bertz CT molecular complexity index is 778. The molecule has 1 aromatic carbocycles. The van der Waals surface area contributed by atoms with Gasteiger partial charge >= 0.3 is 0 Å². The maximum Gasteiger partial charge on any atom is 0.221 e. The Morgan fingerprint density at radius 3 is 1.88 bits per heavy atom. The molecule has 0 aliphatic carbocycles. The third kappa shape index (κ3) is 5.50. The topological polar surface area (TPSA) is 58.1 Å². The predicted octanol–water partition coefficient (Wildman–Crippen LogP) is 3.64. The van der Waals surface area contributed by atoms with Crippen LogP contribution in [0.15, 0.2) is 73.1 Å². The summed E-state index contributed by atoms with van der Waals surface area (Å²) < 4.78 is 0. The molecule has 0 atom stereocenters. The molecule has 2 aromatic heterocycles. The zero-order valence-electron chi connectivity index (χ0n) is 14.8. The van der Waals surface area contributed by atoms with E-state index in [1.807, 2.05) is 73.1 Å². The minimum Gasteiger partial charge on any atom is -0.326 e. The summed E-state index contributed by atoms with van der Waals surface area (Å²) in [5.74, 6) is -0.0651. The molecule has 3 rings (SSSR count). The van der Waals surface area contributed by atoms with Gasteiger partial charge < -0.3 is 5.32 Å². The average molecular weight is 346 g/mol. The fourth-order valence-electron chi connectivity index (χ4n) is 2.76. The van der Waals surface area contributed by atoms with Crippen LogP contribution in [0.25, 0.3) is 0 Å². The van der Waals surface area contributed by atoms with E-state index in [1.165, 1.54) is 12.5 Å². The predicted molar refractivity (Wildman–Crippen MR) is 102 cm³/mol. The van der Waals surface area contributed by atoms with E-state index in [1.54, 1.807) is 0 Å². The molecule has 5 nitrogen and oxygen atoms in total.